The molecule has 0 aromatic heterocycles. The molecule has 0 aromatic rings. The Morgan fingerprint density at radius 2 is 2.18 bits per heavy atom. The summed E-state index contributed by atoms with van der Waals surface area (Å²) in [5.41, 5.74) is 5.55. The third-order valence-electron chi connectivity index (χ3n) is 2.81. The molecular weight excluding hydrogens is 136 g/mol. The van der Waals surface area contributed by atoms with E-state index in [0.717, 1.165) is 25.2 Å². The first-order valence-electron chi connectivity index (χ1n) is 4.75. The minimum atomic E-state index is 0.767. The molecule has 2 unspecified atom stereocenters. The van der Waals surface area contributed by atoms with E-state index in [4.69, 9.17) is 5.73 Å². The van der Waals surface area contributed by atoms with Crippen LogP contribution in [0.1, 0.15) is 33.1 Å². The molecule has 2 N–H and O–H groups in total. The van der Waals surface area contributed by atoms with Crippen molar-refractivity contribution < 1.29 is 0 Å². The Morgan fingerprint density at radius 3 is 2.73 bits per heavy atom. The molecule has 2 nitrogen and oxygen atoms in total. The lowest BCUT2D eigenvalue weighted by molar-refractivity contribution is 0.204. The summed E-state index contributed by atoms with van der Waals surface area (Å²) in [7, 11) is 0. The number of likely N-dealkylation sites (tertiary alicyclic amines) is 1. The lowest BCUT2D eigenvalue weighted by Gasteiger charge is -2.26. The van der Waals surface area contributed by atoms with Crippen molar-refractivity contribution in [3.63, 3.8) is 0 Å². The zero-order valence-corrected chi connectivity index (χ0v) is 7.71. The second-order valence-electron chi connectivity index (χ2n) is 3.51. The van der Waals surface area contributed by atoms with Gasteiger partial charge in [0.25, 0.3) is 0 Å². The van der Waals surface area contributed by atoms with E-state index in [1.165, 1.54) is 19.3 Å². The van der Waals surface area contributed by atoms with E-state index in [0.29, 0.717) is 0 Å². The summed E-state index contributed by atoms with van der Waals surface area (Å²) < 4.78 is 0. The number of nitrogens with zero attached hydrogens (tertiary/aromatic N) is 1. The average molecular weight is 156 g/mol. The number of hydrogen-bond donors (Lipinski definition) is 1. The maximum Gasteiger partial charge on any atom is 0.0110 e. The Kier molecular flexibility index (Phi) is 3.34. The van der Waals surface area contributed by atoms with E-state index in [-0.39, 0.29) is 0 Å². The van der Waals surface area contributed by atoms with Gasteiger partial charge in [0.15, 0.2) is 0 Å². The van der Waals surface area contributed by atoms with Crippen molar-refractivity contribution in [1.82, 2.24) is 4.90 Å². The molecule has 1 rings (SSSR count). The van der Waals surface area contributed by atoms with Crippen LogP contribution in [0.15, 0.2) is 0 Å². The van der Waals surface area contributed by atoms with Crippen molar-refractivity contribution in [2.24, 2.45) is 5.73 Å². The zero-order valence-electron chi connectivity index (χ0n) is 7.71. The molecule has 1 heterocycles. The van der Waals surface area contributed by atoms with Gasteiger partial charge in [0, 0.05) is 25.2 Å². The van der Waals surface area contributed by atoms with E-state index in [1.807, 2.05) is 0 Å². The molecule has 0 spiro atoms. The molecule has 0 aliphatic carbocycles. The molecule has 0 radical (unpaired) electrons. The quantitative estimate of drug-likeness (QED) is 0.665. The normalized spacial score (nSPS) is 33.0. The molecule has 0 aromatic carbocycles. The van der Waals surface area contributed by atoms with Gasteiger partial charge < -0.3 is 5.73 Å². The summed E-state index contributed by atoms with van der Waals surface area (Å²) in [5, 5.41) is 0. The summed E-state index contributed by atoms with van der Waals surface area (Å²) >= 11 is 0. The SMILES string of the molecule is CCC1CCC(C)N1CCN. The van der Waals surface area contributed by atoms with Crippen LogP contribution in [0.25, 0.3) is 0 Å². The minimum Gasteiger partial charge on any atom is -0.329 e. The van der Waals surface area contributed by atoms with Gasteiger partial charge in [0.05, 0.1) is 0 Å². The van der Waals surface area contributed by atoms with Gasteiger partial charge in [-0.2, -0.15) is 0 Å². The smallest absolute Gasteiger partial charge is 0.0110 e. The highest BCUT2D eigenvalue weighted by Crippen LogP contribution is 2.24. The molecule has 2 heteroatoms. The number of rotatable bonds is 3. The first kappa shape index (κ1) is 9.01. The van der Waals surface area contributed by atoms with Gasteiger partial charge in [-0.25, -0.2) is 0 Å². The zero-order chi connectivity index (χ0) is 8.27. The van der Waals surface area contributed by atoms with Crippen molar-refractivity contribution in [2.75, 3.05) is 13.1 Å². The van der Waals surface area contributed by atoms with Gasteiger partial charge in [-0.05, 0) is 26.2 Å². The van der Waals surface area contributed by atoms with Crippen molar-refractivity contribution >= 4 is 0 Å². The molecule has 1 aliphatic heterocycles. The van der Waals surface area contributed by atoms with Gasteiger partial charge in [-0.3, -0.25) is 4.90 Å². The predicted octanol–water partition coefficient (Wildman–Crippen LogP) is 1.21. The van der Waals surface area contributed by atoms with E-state index in [1.54, 1.807) is 0 Å². The topological polar surface area (TPSA) is 29.3 Å². The Bertz CT molecular complexity index is 114. The van der Waals surface area contributed by atoms with Crippen LogP contribution in [-0.2, 0) is 0 Å². The fourth-order valence-electron chi connectivity index (χ4n) is 2.12. The third-order valence-corrected chi connectivity index (χ3v) is 2.81. The molecule has 1 aliphatic rings. The molecule has 1 saturated heterocycles. The Morgan fingerprint density at radius 1 is 1.45 bits per heavy atom. The summed E-state index contributed by atoms with van der Waals surface area (Å²) in [6.07, 6.45) is 4.01. The first-order valence-corrected chi connectivity index (χ1v) is 4.75. The van der Waals surface area contributed by atoms with Crippen LogP contribution in [0.4, 0.5) is 0 Å². The highest BCUT2D eigenvalue weighted by Gasteiger charge is 2.27. The van der Waals surface area contributed by atoms with E-state index >= 15 is 0 Å². The predicted molar refractivity (Wildman–Crippen MR) is 48.5 cm³/mol. The van der Waals surface area contributed by atoms with E-state index in [2.05, 4.69) is 18.7 Å². The van der Waals surface area contributed by atoms with Crippen molar-refractivity contribution in [3.05, 3.63) is 0 Å². The summed E-state index contributed by atoms with van der Waals surface area (Å²) in [4.78, 5) is 2.56. The molecular formula is C9H20N2. The van der Waals surface area contributed by atoms with Gasteiger partial charge in [-0.1, -0.05) is 6.92 Å². The summed E-state index contributed by atoms with van der Waals surface area (Å²) in [5.74, 6) is 0. The van der Waals surface area contributed by atoms with Crippen LogP contribution < -0.4 is 5.73 Å². The fraction of sp³-hybridized carbons (Fsp3) is 1.00. The van der Waals surface area contributed by atoms with Crippen LogP contribution in [0.5, 0.6) is 0 Å². The largest absolute Gasteiger partial charge is 0.329 e. The molecule has 0 saturated carbocycles. The molecule has 1 fully saturated rings. The summed E-state index contributed by atoms with van der Waals surface area (Å²) in [6, 6.07) is 1.58. The molecule has 66 valence electrons. The Hall–Kier alpha value is -0.0800. The van der Waals surface area contributed by atoms with Crippen LogP contribution in [0.2, 0.25) is 0 Å². The Labute approximate surface area is 69.8 Å². The van der Waals surface area contributed by atoms with E-state index in [9.17, 15) is 0 Å². The molecule has 11 heavy (non-hydrogen) atoms. The van der Waals surface area contributed by atoms with Gasteiger partial charge >= 0.3 is 0 Å². The average Bonchev–Trinajstić information content (AvgIpc) is 2.34. The lowest BCUT2D eigenvalue weighted by Crippen LogP contribution is -2.37. The highest BCUT2D eigenvalue weighted by molar-refractivity contribution is 4.83. The van der Waals surface area contributed by atoms with Crippen molar-refractivity contribution in [3.8, 4) is 0 Å². The molecule has 2 atom stereocenters. The third kappa shape index (κ3) is 1.94. The monoisotopic (exact) mass is 156 g/mol. The van der Waals surface area contributed by atoms with Crippen molar-refractivity contribution in [2.45, 2.75) is 45.2 Å². The second kappa shape index (κ2) is 4.07. The lowest BCUT2D eigenvalue weighted by atomic mass is 10.1. The van der Waals surface area contributed by atoms with Gasteiger partial charge in [-0.15, -0.1) is 0 Å². The minimum absolute atomic E-state index is 0.767. The Balaban J connectivity index is 2.42. The molecule has 0 bridgehead atoms. The second-order valence-corrected chi connectivity index (χ2v) is 3.51. The van der Waals surface area contributed by atoms with Crippen LogP contribution in [-0.4, -0.2) is 30.1 Å². The summed E-state index contributed by atoms with van der Waals surface area (Å²) in [6.45, 7) is 6.47. The maximum absolute atomic E-state index is 5.55. The molecule has 0 amide bonds. The van der Waals surface area contributed by atoms with E-state index < -0.39 is 0 Å². The van der Waals surface area contributed by atoms with Gasteiger partial charge in [0.2, 0.25) is 0 Å². The van der Waals surface area contributed by atoms with Crippen LogP contribution in [0, 0.1) is 0 Å². The maximum atomic E-state index is 5.55. The fourth-order valence-corrected chi connectivity index (χ4v) is 2.12. The standard InChI is InChI=1S/C9H20N2/c1-3-9-5-4-8(2)11(9)7-6-10/h8-9H,3-7,10H2,1-2H3. The van der Waals surface area contributed by atoms with Crippen LogP contribution >= 0.6 is 0 Å². The van der Waals surface area contributed by atoms with Crippen molar-refractivity contribution in [1.29, 1.82) is 0 Å². The number of nitrogens with two attached hydrogens (primary N) is 1. The van der Waals surface area contributed by atoms with Gasteiger partial charge in [0.1, 0.15) is 0 Å². The number of hydrogen-bond acceptors (Lipinski definition) is 2. The van der Waals surface area contributed by atoms with Crippen LogP contribution in [0.3, 0.4) is 0 Å². The first-order chi connectivity index (χ1) is 5.29. The highest BCUT2D eigenvalue weighted by atomic mass is 15.2.